The molecular weight excluding hydrogens is 180 g/mol. The smallest absolute Gasteiger partial charge is 0.0473 e. The molecule has 0 aliphatic rings. The normalized spacial score (nSPS) is 2.87. The maximum Gasteiger partial charge on any atom is -0.0473 e. The largest absolute Gasteiger partial charge is 0.106 e. The van der Waals surface area contributed by atoms with Crippen LogP contribution in [0.2, 0.25) is 0 Å². The van der Waals surface area contributed by atoms with Gasteiger partial charge in [0.25, 0.3) is 0 Å². The number of hydrogen-bond acceptors (Lipinski definition) is 0. The van der Waals surface area contributed by atoms with E-state index in [4.69, 9.17) is 0 Å². The third kappa shape index (κ3) is 1440. The minimum Gasteiger partial charge on any atom is -0.106 e. The van der Waals surface area contributed by atoms with Crippen molar-refractivity contribution >= 4 is 0 Å². The van der Waals surface area contributed by atoms with Crippen LogP contribution in [0.4, 0.5) is 0 Å². The van der Waals surface area contributed by atoms with Crippen LogP contribution in [0, 0.1) is 0 Å². The molecule has 0 saturated carbocycles. The van der Waals surface area contributed by atoms with Gasteiger partial charge in [0, 0.05) is 0 Å². The Kier molecular flexibility index (Phi) is 3740000. The lowest BCUT2D eigenvalue weighted by Gasteiger charge is -1.31. The molecule has 96 valence electrons. The van der Waals surface area contributed by atoms with Crippen LogP contribution < -0.4 is 0 Å². The molecule has 0 aromatic rings. The summed E-state index contributed by atoms with van der Waals surface area (Å²) in [7, 11) is 0. The number of allylic oxidation sites excluding steroid dienone is 1. The quantitative estimate of drug-likeness (QED) is 0.396. The van der Waals surface area contributed by atoms with Crippen molar-refractivity contribution in [2.45, 2.75) is 48.5 Å². The molecule has 0 nitrogen and oxygen atoms in total. The monoisotopic (exact) mass is 216 g/mol. The second kappa shape index (κ2) is 1160000. The number of rotatable bonds is 0. The summed E-state index contributed by atoms with van der Waals surface area (Å²) < 4.78 is 0. The van der Waals surface area contributed by atoms with E-state index in [1.54, 1.807) is 6.08 Å². The van der Waals surface area contributed by atoms with E-state index in [1.807, 2.05) is 48.5 Å². The zero-order valence-corrected chi connectivity index (χ0v) is 12.5. The van der Waals surface area contributed by atoms with Gasteiger partial charge in [-0.1, -0.05) is 47.6 Å². The van der Waals surface area contributed by atoms with Crippen LogP contribution in [0.5, 0.6) is 0 Å². The molecule has 0 spiro atoms. The molecule has 0 heteroatoms. The van der Waals surface area contributed by atoms with Crippen LogP contribution in [-0.4, -0.2) is 0 Å². The molecule has 0 atom stereocenters. The SMILES string of the molecule is C=C.C=C.C=C.C=CC.CC.CC.CC. The third-order valence-corrected chi connectivity index (χ3v) is 0. The van der Waals surface area contributed by atoms with Crippen molar-refractivity contribution < 1.29 is 0 Å². The molecule has 0 aliphatic heterocycles. The second-order valence-corrected chi connectivity index (χ2v) is 0.408. The Hall–Kier alpha value is -1.04. The van der Waals surface area contributed by atoms with Gasteiger partial charge in [-0.25, -0.2) is 0 Å². The summed E-state index contributed by atoms with van der Waals surface area (Å²) >= 11 is 0. The summed E-state index contributed by atoms with van der Waals surface area (Å²) in [5.41, 5.74) is 0. The van der Waals surface area contributed by atoms with E-state index in [0.717, 1.165) is 0 Å². The van der Waals surface area contributed by atoms with Crippen LogP contribution in [0.25, 0.3) is 0 Å². The Morgan fingerprint density at radius 2 is 0.533 bits per heavy atom. The zero-order chi connectivity index (χ0) is 14.7. The first-order valence-electron chi connectivity index (χ1n) is 5.49. The summed E-state index contributed by atoms with van der Waals surface area (Å²) in [5, 5.41) is 0. The molecule has 0 rings (SSSR count). The Balaban J connectivity index is -0.0000000101. The predicted molar refractivity (Wildman–Crippen MR) is 83.7 cm³/mol. The fraction of sp³-hybridized carbons (Fsp3) is 0.467. The summed E-state index contributed by atoms with van der Waals surface area (Å²) in [4.78, 5) is 0. The van der Waals surface area contributed by atoms with Gasteiger partial charge in [-0.3, -0.25) is 0 Å². The molecule has 15 heavy (non-hydrogen) atoms. The van der Waals surface area contributed by atoms with Crippen molar-refractivity contribution in [1.82, 2.24) is 0 Å². The van der Waals surface area contributed by atoms with Gasteiger partial charge >= 0.3 is 0 Å². The maximum atomic E-state index is 3.36. The van der Waals surface area contributed by atoms with Gasteiger partial charge in [0.2, 0.25) is 0 Å². The fourth-order valence-electron chi connectivity index (χ4n) is 0. The average molecular weight is 216 g/mol. The topological polar surface area (TPSA) is 0 Å². The van der Waals surface area contributed by atoms with Crippen molar-refractivity contribution in [1.29, 1.82) is 0 Å². The highest BCUT2D eigenvalue weighted by Gasteiger charge is 1.15. The lowest BCUT2D eigenvalue weighted by atomic mass is 10.8. The van der Waals surface area contributed by atoms with Gasteiger partial charge in [0.1, 0.15) is 0 Å². The predicted octanol–water partition coefficient (Wildman–Crippen LogP) is 6.68. The molecular formula is C15H36. The van der Waals surface area contributed by atoms with Crippen LogP contribution in [-0.2, 0) is 0 Å². The van der Waals surface area contributed by atoms with Gasteiger partial charge in [-0.15, -0.1) is 46.1 Å². The van der Waals surface area contributed by atoms with E-state index in [2.05, 4.69) is 46.1 Å². The lowest BCUT2D eigenvalue weighted by Crippen LogP contribution is -1.07. The van der Waals surface area contributed by atoms with Crippen LogP contribution in [0.1, 0.15) is 48.5 Å². The minimum atomic E-state index is 1.75. The Morgan fingerprint density at radius 3 is 0.533 bits per heavy atom. The van der Waals surface area contributed by atoms with Crippen molar-refractivity contribution in [2.24, 2.45) is 0 Å². The molecule has 0 bridgehead atoms. The van der Waals surface area contributed by atoms with E-state index in [1.165, 1.54) is 0 Å². The standard InChI is InChI=1S/C3H6.3C2H6.3C2H4/c1-3-2;6*1-2/h3H,1H2,2H3;3*1-2H3;3*1-2H2. The van der Waals surface area contributed by atoms with E-state index in [-0.39, 0.29) is 0 Å². The molecule has 0 amide bonds. The summed E-state index contributed by atoms with van der Waals surface area (Å²) in [6.07, 6.45) is 1.75. The Labute approximate surface area is 101 Å². The Bertz CT molecular complexity index is 24.3. The average Bonchev–Trinajstić information content (AvgIpc) is 2.44. The van der Waals surface area contributed by atoms with Crippen molar-refractivity contribution in [2.75, 3.05) is 0 Å². The van der Waals surface area contributed by atoms with Crippen molar-refractivity contribution in [3.63, 3.8) is 0 Å². The second-order valence-electron chi connectivity index (χ2n) is 0.408. The van der Waals surface area contributed by atoms with E-state index >= 15 is 0 Å². The summed E-state index contributed by atoms with van der Waals surface area (Å²) in [6, 6.07) is 0. The number of hydrogen-bond donors (Lipinski definition) is 0. The molecule has 0 radical (unpaired) electrons. The summed E-state index contributed by atoms with van der Waals surface area (Å²) in [5.74, 6) is 0. The van der Waals surface area contributed by atoms with Crippen molar-refractivity contribution in [3.8, 4) is 0 Å². The molecule has 0 heterocycles. The van der Waals surface area contributed by atoms with Gasteiger partial charge < -0.3 is 0 Å². The minimum absolute atomic E-state index is 1.75. The molecule has 0 saturated heterocycles. The lowest BCUT2D eigenvalue weighted by molar-refractivity contribution is 1.50. The maximum absolute atomic E-state index is 3.36. The zero-order valence-electron chi connectivity index (χ0n) is 12.5. The molecule has 0 aromatic heterocycles. The van der Waals surface area contributed by atoms with Crippen LogP contribution >= 0.6 is 0 Å². The fourth-order valence-corrected chi connectivity index (χ4v) is 0. The molecule has 0 unspecified atom stereocenters. The van der Waals surface area contributed by atoms with E-state index < -0.39 is 0 Å². The molecule has 0 aliphatic carbocycles. The van der Waals surface area contributed by atoms with Crippen LogP contribution in [0.3, 0.4) is 0 Å². The molecule has 0 N–H and O–H groups in total. The van der Waals surface area contributed by atoms with Crippen molar-refractivity contribution in [3.05, 3.63) is 52.1 Å². The van der Waals surface area contributed by atoms with Gasteiger partial charge in [0.15, 0.2) is 0 Å². The highest BCUT2D eigenvalue weighted by molar-refractivity contribution is 4.51. The first-order valence-corrected chi connectivity index (χ1v) is 5.49. The molecule has 0 aromatic carbocycles. The van der Waals surface area contributed by atoms with E-state index in [0.29, 0.717) is 0 Å². The first-order chi connectivity index (χ1) is 7.41. The first kappa shape index (κ1) is 48.4. The van der Waals surface area contributed by atoms with Gasteiger partial charge in [0.05, 0.1) is 0 Å². The summed E-state index contributed by atoms with van der Waals surface area (Å²) in [6.45, 7) is 35.2. The highest BCUT2D eigenvalue weighted by Crippen LogP contribution is 1.38. The van der Waals surface area contributed by atoms with Gasteiger partial charge in [-0.05, 0) is 6.92 Å². The molecule has 0 fully saturated rings. The highest BCUT2D eigenvalue weighted by atomic mass is 13.2. The van der Waals surface area contributed by atoms with Gasteiger partial charge in [-0.2, -0.15) is 0 Å². The third-order valence-electron chi connectivity index (χ3n) is 0. The van der Waals surface area contributed by atoms with Crippen LogP contribution in [0.15, 0.2) is 52.1 Å². The Morgan fingerprint density at radius 1 is 0.533 bits per heavy atom. The van der Waals surface area contributed by atoms with E-state index in [9.17, 15) is 0 Å².